The van der Waals surface area contributed by atoms with E-state index in [0.29, 0.717) is 11.3 Å². The summed E-state index contributed by atoms with van der Waals surface area (Å²) in [4.78, 5) is 19.7. The predicted molar refractivity (Wildman–Crippen MR) is 64.3 cm³/mol. The van der Waals surface area contributed by atoms with E-state index in [1.807, 2.05) is 0 Å². The fourth-order valence-electron chi connectivity index (χ4n) is 1.58. The summed E-state index contributed by atoms with van der Waals surface area (Å²) in [6.45, 7) is 0. The van der Waals surface area contributed by atoms with E-state index in [2.05, 4.69) is 25.4 Å². The van der Waals surface area contributed by atoms with Crippen molar-refractivity contribution < 1.29 is 9.53 Å². The Balaban J connectivity index is 2.05. The van der Waals surface area contributed by atoms with Crippen LogP contribution < -0.4 is 4.74 Å². The number of ether oxygens (including phenoxy) is 1. The molecule has 7 heteroatoms. The minimum absolute atomic E-state index is 0.0849. The molecule has 0 unspecified atom stereocenters. The molecule has 0 fully saturated rings. The summed E-state index contributed by atoms with van der Waals surface area (Å²) in [5.74, 6) is 0.666. The molecule has 0 saturated heterocycles. The van der Waals surface area contributed by atoms with Gasteiger partial charge in [-0.3, -0.25) is 4.79 Å². The van der Waals surface area contributed by atoms with Crippen molar-refractivity contribution in [1.29, 1.82) is 0 Å². The number of amides is 1. The molecule has 7 nitrogen and oxygen atoms in total. The Morgan fingerprint density at radius 1 is 1.17 bits per heavy atom. The van der Waals surface area contributed by atoms with E-state index in [4.69, 9.17) is 4.74 Å². The van der Waals surface area contributed by atoms with Crippen LogP contribution in [0.3, 0.4) is 0 Å². The Labute approximate surface area is 102 Å². The van der Waals surface area contributed by atoms with Gasteiger partial charge in [0.25, 0.3) is 0 Å². The first-order valence-corrected chi connectivity index (χ1v) is 5.13. The van der Waals surface area contributed by atoms with Crippen LogP contribution in [0.5, 0.6) is 5.75 Å². The van der Waals surface area contributed by atoms with Gasteiger partial charge in [-0.1, -0.05) is 12.1 Å². The van der Waals surface area contributed by atoms with E-state index < -0.39 is 5.91 Å². The monoisotopic (exact) mass is 241 g/mol. The Morgan fingerprint density at radius 3 is 2.89 bits per heavy atom. The Bertz CT molecular complexity index is 657. The lowest BCUT2D eigenvalue weighted by atomic mass is 10.1. The summed E-state index contributed by atoms with van der Waals surface area (Å²) in [5, 5.41) is 10.6. The van der Waals surface area contributed by atoms with Gasteiger partial charge in [-0.25, -0.2) is 4.99 Å². The molecule has 1 aromatic rings. The van der Waals surface area contributed by atoms with Crippen LogP contribution in [0, 0.1) is 0 Å². The summed E-state index contributed by atoms with van der Waals surface area (Å²) in [6.07, 6.45) is 0. The summed E-state index contributed by atoms with van der Waals surface area (Å²) >= 11 is 0. The molecule has 0 N–H and O–H groups in total. The third kappa shape index (κ3) is 1.61. The van der Waals surface area contributed by atoms with Crippen molar-refractivity contribution in [2.45, 2.75) is 0 Å². The quantitative estimate of drug-likeness (QED) is 0.778. The molecule has 0 aromatic heterocycles. The molecular formula is C11H7N5O2. The first kappa shape index (κ1) is 10.5. The molecule has 0 radical (unpaired) electrons. The van der Waals surface area contributed by atoms with E-state index >= 15 is 0 Å². The second-order valence-corrected chi connectivity index (χ2v) is 3.55. The van der Waals surface area contributed by atoms with E-state index in [0.717, 1.165) is 0 Å². The van der Waals surface area contributed by atoms with Crippen LogP contribution in [0.25, 0.3) is 0 Å². The average molecular weight is 241 g/mol. The number of aliphatic imine (C=N–C) groups is 2. The fraction of sp³-hybridized carbons (Fsp3) is 0.0909. The molecule has 2 aliphatic heterocycles. The molecule has 3 rings (SSSR count). The van der Waals surface area contributed by atoms with Crippen LogP contribution in [0.15, 0.2) is 49.7 Å². The Kier molecular flexibility index (Phi) is 2.30. The predicted octanol–water partition coefficient (Wildman–Crippen LogP) is 1.20. The lowest BCUT2D eigenvalue weighted by molar-refractivity contribution is -0.111. The van der Waals surface area contributed by atoms with Gasteiger partial charge in [0.15, 0.2) is 5.84 Å². The smallest absolute Gasteiger partial charge is 0.303 e. The minimum atomic E-state index is -0.484. The number of methoxy groups -OCH3 is 1. The Morgan fingerprint density at radius 2 is 2.06 bits per heavy atom. The lowest BCUT2D eigenvalue weighted by Crippen LogP contribution is -2.25. The number of carbonyl (C=O) groups is 1. The molecule has 18 heavy (non-hydrogen) atoms. The van der Waals surface area contributed by atoms with Crippen molar-refractivity contribution >= 4 is 23.3 Å². The molecular weight excluding hydrogens is 234 g/mol. The molecule has 1 amide bonds. The zero-order chi connectivity index (χ0) is 12.5. The molecule has 0 atom stereocenters. The van der Waals surface area contributed by atoms with Crippen LogP contribution in [0.4, 0.5) is 0 Å². The number of nitrogens with zero attached hydrogens (tertiary/aromatic N) is 5. The van der Waals surface area contributed by atoms with Crippen LogP contribution in [0.2, 0.25) is 0 Å². The molecule has 2 heterocycles. The van der Waals surface area contributed by atoms with Gasteiger partial charge in [-0.05, 0) is 17.4 Å². The number of rotatable bonds is 2. The zero-order valence-corrected chi connectivity index (χ0v) is 9.36. The molecule has 0 bridgehead atoms. The van der Waals surface area contributed by atoms with Gasteiger partial charge in [0.1, 0.15) is 5.75 Å². The minimum Gasteiger partial charge on any atom is -0.497 e. The fourth-order valence-corrected chi connectivity index (χ4v) is 1.58. The van der Waals surface area contributed by atoms with Crippen molar-refractivity contribution in [3.8, 4) is 5.75 Å². The second kappa shape index (κ2) is 3.95. The maximum atomic E-state index is 11.7. The third-order valence-corrected chi connectivity index (χ3v) is 2.45. The highest BCUT2D eigenvalue weighted by atomic mass is 16.5. The first-order chi connectivity index (χ1) is 8.78. The van der Waals surface area contributed by atoms with Gasteiger partial charge in [-0.2, -0.15) is 4.99 Å². The lowest BCUT2D eigenvalue weighted by Gasteiger charge is -2.07. The van der Waals surface area contributed by atoms with Gasteiger partial charge in [0, 0.05) is 5.56 Å². The standard InChI is InChI=1S/C11H7N5O2/c1-18-7-4-2-3-6(5-7)9-12-10-8(11(17)13-9)14-16-15-10/h2-5H,1H3. The molecule has 0 saturated carbocycles. The number of hydrogen-bond acceptors (Lipinski definition) is 6. The maximum Gasteiger partial charge on any atom is 0.303 e. The number of amidine groups is 2. The van der Waals surface area contributed by atoms with Crippen molar-refractivity contribution in [3.05, 3.63) is 29.8 Å². The van der Waals surface area contributed by atoms with E-state index in [9.17, 15) is 4.79 Å². The molecule has 0 aliphatic carbocycles. The highest BCUT2D eigenvalue weighted by molar-refractivity contribution is 6.69. The van der Waals surface area contributed by atoms with Crippen LogP contribution in [0.1, 0.15) is 5.56 Å². The zero-order valence-electron chi connectivity index (χ0n) is 9.36. The van der Waals surface area contributed by atoms with Gasteiger partial charge < -0.3 is 4.74 Å². The summed E-state index contributed by atoms with van der Waals surface area (Å²) in [5.41, 5.74) is 0.762. The average Bonchev–Trinajstić information content (AvgIpc) is 2.87. The first-order valence-electron chi connectivity index (χ1n) is 5.13. The Hall–Kier alpha value is -2.70. The topological polar surface area (TPSA) is 88.1 Å². The molecule has 88 valence electrons. The van der Waals surface area contributed by atoms with Crippen LogP contribution in [-0.2, 0) is 4.79 Å². The van der Waals surface area contributed by atoms with E-state index in [-0.39, 0.29) is 17.4 Å². The van der Waals surface area contributed by atoms with Crippen LogP contribution >= 0.6 is 0 Å². The second-order valence-electron chi connectivity index (χ2n) is 3.55. The SMILES string of the molecule is COc1cccc(C2=NC(=O)C3=NN=NC3=N2)c1. The molecule has 0 spiro atoms. The number of hydrogen-bond donors (Lipinski definition) is 0. The summed E-state index contributed by atoms with van der Waals surface area (Å²) in [6, 6.07) is 7.11. The highest BCUT2D eigenvalue weighted by Gasteiger charge is 2.27. The van der Waals surface area contributed by atoms with Gasteiger partial charge in [-0.15, -0.1) is 10.2 Å². The highest BCUT2D eigenvalue weighted by Crippen LogP contribution is 2.17. The summed E-state index contributed by atoms with van der Waals surface area (Å²) in [7, 11) is 1.56. The molecule has 2 aliphatic rings. The summed E-state index contributed by atoms with van der Waals surface area (Å²) < 4.78 is 5.11. The number of fused-ring (bicyclic) bond motifs is 1. The largest absolute Gasteiger partial charge is 0.497 e. The van der Waals surface area contributed by atoms with Gasteiger partial charge >= 0.3 is 5.91 Å². The van der Waals surface area contributed by atoms with Gasteiger partial charge in [0.2, 0.25) is 11.5 Å². The van der Waals surface area contributed by atoms with Gasteiger partial charge in [0.05, 0.1) is 7.11 Å². The third-order valence-electron chi connectivity index (χ3n) is 2.45. The van der Waals surface area contributed by atoms with E-state index in [1.54, 1.807) is 31.4 Å². The maximum absolute atomic E-state index is 11.7. The van der Waals surface area contributed by atoms with Crippen molar-refractivity contribution in [3.63, 3.8) is 0 Å². The number of carbonyl (C=O) groups excluding carboxylic acids is 1. The van der Waals surface area contributed by atoms with E-state index in [1.165, 1.54) is 0 Å². The van der Waals surface area contributed by atoms with Crippen molar-refractivity contribution in [2.75, 3.05) is 7.11 Å². The number of benzene rings is 1. The normalized spacial score (nSPS) is 16.9. The molecule has 1 aromatic carbocycles. The van der Waals surface area contributed by atoms with Crippen LogP contribution in [-0.4, -0.2) is 30.4 Å². The van der Waals surface area contributed by atoms with Crippen molar-refractivity contribution in [1.82, 2.24) is 0 Å². The van der Waals surface area contributed by atoms with Crippen molar-refractivity contribution in [2.24, 2.45) is 25.4 Å².